The lowest BCUT2D eigenvalue weighted by Crippen LogP contribution is -2.05. The van der Waals surface area contributed by atoms with Gasteiger partial charge >= 0.3 is 11.9 Å². The van der Waals surface area contributed by atoms with E-state index < -0.39 is 0 Å². The normalized spacial score (nSPS) is 10.5. The van der Waals surface area contributed by atoms with Crippen molar-refractivity contribution in [1.82, 2.24) is 0 Å². The Hall–Kier alpha value is -1.11. The van der Waals surface area contributed by atoms with E-state index in [9.17, 15) is 9.59 Å². The maximum atomic E-state index is 11.7. The van der Waals surface area contributed by atoms with Gasteiger partial charge < -0.3 is 9.47 Å². The van der Waals surface area contributed by atoms with Gasteiger partial charge in [-0.25, -0.2) is 0 Å². The quantitative estimate of drug-likeness (QED) is 0.194. The molecule has 0 saturated carbocycles. The first-order valence-corrected chi connectivity index (χ1v) is 10.8. The van der Waals surface area contributed by atoms with Gasteiger partial charge in [0.15, 0.2) is 0 Å². The predicted octanol–water partition coefficient (Wildman–Crippen LogP) is 5.80. The van der Waals surface area contributed by atoms with Crippen LogP contribution < -0.4 is 0 Å². The first-order valence-electron chi connectivity index (χ1n) is 9.67. The number of unbranched alkanes of at least 4 members (excludes halogenated alkanes) is 6. The van der Waals surface area contributed by atoms with Crippen LogP contribution in [-0.2, 0) is 25.7 Å². The van der Waals surface area contributed by atoms with E-state index in [1.54, 1.807) is 0 Å². The lowest BCUT2D eigenvalue weighted by molar-refractivity contribution is -0.145. The Morgan fingerprint density at radius 2 is 1.50 bits per heavy atom. The van der Waals surface area contributed by atoms with Crippen molar-refractivity contribution in [3.63, 3.8) is 0 Å². The van der Waals surface area contributed by atoms with Crippen molar-refractivity contribution < 1.29 is 19.1 Å². The molecule has 0 aliphatic rings. The minimum absolute atomic E-state index is 0.0747. The predicted molar refractivity (Wildman–Crippen MR) is 112 cm³/mol. The van der Waals surface area contributed by atoms with Crippen molar-refractivity contribution in [2.75, 3.05) is 6.61 Å². The zero-order valence-electron chi connectivity index (χ0n) is 15.8. The Kier molecular flexibility index (Phi) is 13.2. The zero-order chi connectivity index (χ0) is 19.0. The van der Waals surface area contributed by atoms with Crippen LogP contribution in [0.5, 0.6) is 0 Å². The molecular weight excluding hydrogens is 443 g/mol. The van der Waals surface area contributed by atoms with E-state index in [1.165, 1.54) is 0 Å². The number of benzene rings is 1. The molecule has 0 amide bonds. The molecule has 0 N–H and O–H groups in total. The smallest absolute Gasteiger partial charge is 0.306 e. The van der Waals surface area contributed by atoms with Crippen molar-refractivity contribution >= 4 is 34.5 Å². The molecule has 0 heterocycles. The van der Waals surface area contributed by atoms with Gasteiger partial charge in [-0.2, -0.15) is 0 Å². The van der Waals surface area contributed by atoms with Gasteiger partial charge in [-0.15, -0.1) is 0 Å². The van der Waals surface area contributed by atoms with Gasteiger partial charge in [0.25, 0.3) is 0 Å². The molecule has 0 aliphatic heterocycles. The summed E-state index contributed by atoms with van der Waals surface area (Å²) in [6, 6.07) is 7.97. The number of hydrogen-bond donors (Lipinski definition) is 0. The van der Waals surface area contributed by atoms with E-state index in [0.717, 1.165) is 60.5 Å². The summed E-state index contributed by atoms with van der Waals surface area (Å²) >= 11 is 2.25. The summed E-state index contributed by atoms with van der Waals surface area (Å²) in [5.41, 5.74) is 1.03. The first-order chi connectivity index (χ1) is 12.6. The summed E-state index contributed by atoms with van der Waals surface area (Å²) in [6.07, 6.45) is 9.01. The summed E-state index contributed by atoms with van der Waals surface area (Å²) in [7, 11) is 0. The van der Waals surface area contributed by atoms with Crippen LogP contribution in [0.15, 0.2) is 24.3 Å². The van der Waals surface area contributed by atoms with Crippen LogP contribution in [0, 0.1) is 3.57 Å². The number of carbonyl (C=O) groups is 2. The molecule has 0 spiro atoms. The molecule has 5 heteroatoms. The average molecular weight is 474 g/mol. The highest BCUT2D eigenvalue weighted by Gasteiger charge is 2.04. The SMILES string of the molecule is CCCCOC(=O)CCCCCCCCC(=O)OCc1cccc(I)c1. The van der Waals surface area contributed by atoms with E-state index in [2.05, 4.69) is 29.5 Å². The van der Waals surface area contributed by atoms with Crippen molar-refractivity contribution in [3.8, 4) is 0 Å². The van der Waals surface area contributed by atoms with Gasteiger partial charge in [-0.1, -0.05) is 51.2 Å². The minimum Gasteiger partial charge on any atom is -0.466 e. The Bertz CT molecular complexity index is 530. The maximum absolute atomic E-state index is 11.7. The molecule has 0 aromatic heterocycles. The molecule has 1 aromatic carbocycles. The van der Waals surface area contributed by atoms with E-state index in [1.807, 2.05) is 24.3 Å². The third-order valence-corrected chi connectivity index (χ3v) is 4.73. The molecule has 26 heavy (non-hydrogen) atoms. The number of hydrogen-bond acceptors (Lipinski definition) is 4. The van der Waals surface area contributed by atoms with Gasteiger partial charge in [-0.3, -0.25) is 9.59 Å². The molecule has 1 rings (SSSR count). The Morgan fingerprint density at radius 1 is 0.885 bits per heavy atom. The highest BCUT2D eigenvalue weighted by molar-refractivity contribution is 14.1. The zero-order valence-corrected chi connectivity index (χ0v) is 18.0. The second-order valence-electron chi connectivity index (χ2n) is 6.49. The van der Waals surface area contributed by atoms with Crippen LogP contribution in [0.1, 0.15) is 76.7 Å². The fourth-order valence-corrected chi connectivity index (χ4v) is 3.12. The number of halogens is 1. The fraction of sp³-hybridized carbons (Fsp3) is 0.619. The Labute approximate surface area is 171 Å². The van der Waals surface area contributed by atoms with Crippen molar-refractivity contribution in [2.24, 2.45) is 0 Å². The second kappa shape index (κ2) is 15.0. The van der Waals surface area contributed by atoms with Gasteiger partial charge in [0.2, 0.25) is 0 Å². The lowest BCUT2D eigenvalue weighted by atomic mass is 10.1. The van der Waals surface area contributed by atoms with Gasteiger partial charge in [-0.05, 0) is 59.5 Å². The molecule has 1 aromatic rings. The summed E-state index contributed by atoms with van der Waals surface area (Å²) < 4.78 is 11.6. The van der Waals surface area contributed by atoms with Crippen LogP contribution in [0.3, 0.4) is 0 Å². The fourth-order valence-electron chi connectivity index (χ4n) is 2.51. The van der Waals surface area contributed by atoms with E-state index in [4.69, 9.17) is 9.47 Å². The largest absolute Gasteiger partial charge is 0.466 e. The summed E-state index contributed by atoms with van der Waals surface area (Å²) in [6.45, 7) is 2.98. The molecule has 146 valence electrons. The van der Waals surface area contributed by atoms with Crippen LogP contribution in [-0.4, -0.2) is 18.5 Å². The van der Waals surface area contributed by atoms with E-state index in [-0.39, 0.29) is 11.9 Å². The number of carbonyl (C=O) groups excluding carboxylic acids is 2. The number of esters is 2. The Balaban J connectivity index is 1.92. The minimum atomic E-state index is -0.126. The third-order valence-electron chi connectivity index (χ3n) is 4.06. The molecule has 0 saturated heterocycles. The molecule has 0 fully saturated rings. The second-order valence-corrected chi connectivity index (χ2v) is 7.73. The first kappa shape index (κ1) is 22.9. The third kappa shape index (κ3) is 12.3. The van der Waals surface area contributed by atoms with E-state index in [0.29, 0.717) is 26.1 Å². The molecular formula is C21H31IO4. The Morgan fingerprint density at radius 3 is 2.12 bits per heavy atom. The van der Waals surface area contributed by atoms with Crippen LogP contribution in [0.25, 0.3) is 0 Å². The molecule has 0 unspecified atom stereocenters. The lowest BCUT2D eigenvalue weighted by Gasteiger charge is -2.06. The van der Waals surface area contributed by atoms with Gasteiger partial charge in [0.1, 0.15) is 6.61 Å². The highest BCUT2D eigenvalue weighted by Crippen LogP contribution is 2.12. The highest BCUT2D eigenvalue weighted by atomic mass is 127. The average Bonchev–Trinajstić information content (AvgIpc) is 2.62. The number of ether oxygens (including phenoxy) is 2. The summed E-state index contributed by atoms with van der Waals surface area (Å²) in [4.78, 5) is 23.2. The van der Waals surface area contributed by atoms with Gasteiger partial charge in [0.05, 0.1) is 6.61 Å². The molecule has 0 atom stereocenters. The van der Waals surface area contributed by atoms with Crippen LogP contribution in [0.2, 0.25) is 0 Å². The molecule has 0 bridgehead atoms. The molecule has 0 aliphatic carbocycles. The maximum Gasteiger partial charge on any atom is 0.306 e. The van der Waals surface area contributed by atoms with Crippen LogP contribution in [0.4, 0.5) is 0 Å². The molecule has 4 nitrogen and oxygen atoms in total. The van der Waals surface area contributed by atoms with E-state index >= 15 is 0 Å². The van der Waals surface area contributed by atoms with Crippen molar-refractivity contribution in [3.05, 3.63) is 33.4 Å². The van der Waals surface area contributed by atoms with Crippen molar-refractivity contribution in [2.45, 2.75) is 77.7 Å². The number of rotatable bonds is 14. The summed E-state index contributed by atoms with van der Waals surface area (Å²) in [5.74, 6) is -0.201. The van der Waals surface area contributed by atoms with Crippen LogP contribution >= 0.6 is 22.6 Å². The molecule has 0 radical (unpaired) electrons. The summed E-state index contributed by atoms with van der Waals surface area (Å²) in [5, 5.41) is 0. The standard InChI is InChI=1S/C21H31IO4/c1-2-3-15-25-20(23)13-8-6-4-5-7-9-14-21(24)26-17-18-11-10-12-19(22)16-18/h10-12,16H,2-9,13-15,17H2,1H3. The monoisotopic (exact) mass is 474 g/mol. The van der Waals surface area contributed by atoms with Gasteiger partial charge in [0, 0.05) is 16.4 Å². The topological polar surface area (TPSA) is 52.6 Å². The van der Waals surface area contributed by atoms with Crippen molar-refractivity contribution in [1.29, 1.82) is 0 Å².